The second-order valence-electron chi connectivity index (χ2n) is 11.1. The van der Waals surface area contributed by atoms with Gasteiger partial charge in [-0.05, 0) is 53.4 Å². The molecule has 2 heterocycles. The fraction of sp³-hybridized carbons (Fsp3) is 0.481. The SMILES string of the molecule is COc1nc(NCCC(C)(C)C)nc(OC)c1NC(=O)c1csc(Oc2cc3c(cc2Cl)CCC3(C)C)n1. The van der Waals surface area contributed by atoms with Gasteiger partial charge in [0.2, 0.25) is 17.7 Å². The molecule has 9 nitrogen and oxygen atoms in total. The van der Waals surface area contributed by atoms with Crippen LogP contribution in [-0.2, 0) is 11.8 Å². The first-order valence-corrected chi connectivity index (χ1v) is 13.7. The lowest BCUT2D eigenvalue weighted by Crippen LogP contribution is -2.17. The number of benzene rings is 1. The number of rotatable bonds is 9. The Kier molecular flexibility index (Phi) is 8.04. The van der Waals surface area contributed by atoms with E-state index >= 15 is 0 Å². The van der Waals surface area contributed by atoms with Gasteiger partial charge in [-0.1, -0.05) is 57.6 Å². The molecule has 2 N–H and O–H groups in total. The van der Waals surface area contributed by atoms with Crippen molar-refractivity contribution in [2.75, 3.05) is 31.4 Å². The van der Waals surface area contributed by atoms with Gasteiger partial charge in [0.15, 0.2) is 5.69 Å². The van der Waals surface area contributed by atoms with Crippen LogP contribution >= 0.6 is 22.9 Å². The van der Waals surface area contributed by atoms with Gasteiger partial charge in [0.25, 0.3) is 11.1 Å². The van der Waals surface area contributed by atoms with Gasteiger partial charge in [0, 0.05) is 11.9 Å². The number of thiazole rings is 1. The maximum atomic E-state index is 13.1. The van der Waals surface area contributed by atoms with Crippen molar-refractivity contribution < 1.29 is 19.0 Å². The number of methoxy groups -OCH3 is 2. The number of fused-ring (bicyclic) bond motifs is 1. The molecule has 0 aliphatic heterocycles. The van der Waals surface area contributed by atoms with Crippen molar-refractivity contribution >= 4 is 40.5 Å². The molecule has 0 saturated carbocycles. The van der Waals surface area contributed by atoms with Gasteiger partial charge in [-0.15, -0.1) is 0 Å². The summed E-state index contributed by atoms with van der Waals surface area (Å²) in [5.41, 5.74) is 3.06. The summed E-state index contributed by atoms with van der Waals surface area (Å²) in [6.07, 6.45) is 2.98. The smallest absolute Gasteiger partial charge is 0.279 e. The molecule has 2 aromatic heterocycles. The molecule has 4 rings (SSSR count). The van der Waals surface area contributed by atoms with Crippen molar-refractivity contribution in [3.8, 4) is 22.7 Å². The third-order valence-corrected chi connectivity index (χ3v) is 7.46. The maximum absolute atomic E-state index is 13.1. The Morgan fingerprint density at radius 3 is 2.45 bits per heavy atom. The first kappa shape index (κ1) is 27.9. The molecule has 0 bridgehead atoms. The molecular formula is C27H34ClN5O4S. The molecule has 0 unspecified atom stereocenters. The molecule has 1 aliphatic carbocycles. The topological polar surface area (TPSA) is 107 Å². The molecular weight excluding hydrogens is 526 g/mol. The Morgan fingerprint density at radius 1 is 1.13 bits per heavy atom. The van der Waals surface area contributed by atoms with Gasteiger partial charge < -0.3 is 24.8 Å². The molecule has 38 heavy (non-hydrogen) atoms. The van der Waals surface area contributed by atoms with Crippen molar-refractivity contribution in [1.82, 2.24) is 15.0 Å². The van der Waals surface area contributed by atoms with Gasteiger partial charge in [-0.2, -0.15) is 15.0 Å². The summed E-state index contributed by atoms with van der Waals surface area (Å²) in [5, 5.41) is 8.38. The fourth-order valence-corrected chi connectivity index (χ4v) is 5.11. The van der Waals surface area contributed by atoms with E-state index in [1.54, 1.807) is 5.38 Å². The van der Waals surface area contributed by atoms with Crippen LogP contribution < -0.4 is 24.8 Å². The summed E-state index contributed by atoms with van der Waals surface area (Å²) in [6, 6.07) is 3.94. The lowest BCUT2D eigenvalue weighted by Gasteiger charge is -2.19. The van der Waals surface area contributed by atoms with Gasteiger partial charge in [-0.25, -0.2) is 0 Å². The Morgan fingerprint density at radius 2 is 1.82 bits per heavy atom. The molecule has 1 aromatic carbocycles. The second-order valence-corrected chi connectivity index (χ2v) is 12.3. The number of hydrogen-bond acceptors (Lipinski definition) is 9. The molecule has 1 aliphatic rings. The highest BCUT2D eigenvalue weighted by Crippen LogP contribution is 2.44. The van der Waals surface area contributed by atoms with Gasteiger partial charge in [0.1, 0.15) is 11.4 Å². The predicted molar refractivity (Wildman–Crippen MR) is 151 cm³/mol. The van der Waals surface area contributed by atoms with Crippen molar-refractivity contribution in [2.45, 2.75) is 59.3 Å². The van der Waals surface area contributed by atoms with Crippen LogP contribution in [0.15, 0.2) is 17.5 Å². The monoisotopic (exact) mass is 559 g/mol. The van der Waals surface area contributed by atoms with Crippen LogP contribution in [-0.4, -0.2) is 41.6 Å². The average Bonchev–Trinajstić information content (AvgIpc) is 3.43. The van der Waals surface area contributed by atoms with Crippen LogP contribution in [0.2, 0.25) is 5.02 Å². The van der Waals surface area contributed by atoms with E-state index < -0.39 is 5.91 Å². The molecule has 0 spiro atoms. The molecule has 0 radical (unpaired) electrons. The third-order valence-electron chi connectivity index (χ3n) is 6.45. The molecule has 0 fully saturated rings. The minimum atomic E-state index is -0.481. The Labute approximate surface area is 232 Å². The van der Waals surface area contributed by atoms with E-state index in [1.807, 2.05) is 12.1 Å². The standard InChI is InChI=1S/C27H34ClN5O4S/c1-26(2,3)10-11-29-24-32-22(35-6)20(23(33-24)36-7)31-21(34)18-14-38-25(30-18)37-19-13-16-15(12-17(19)28)8-9-27(16,4)5/h12-14H,8-11H2,1-7H3,(H,31,34)(H,29,32,33). The highest BCUT2D eigenvalue weighted by atomic mass is 35.5. The van der Waals surface area contributed by atoms with Crippen LogP contribution in [0.1, 0.15) is 69.1 Å². The number of aromatic nitrogens is 3. The number of halogens is 1. The van der Waals surface area contributed by atoms with Gasteiger partial charge in [0.05, 0.1) is 19.2 Å². The summed E-state index contributed by atoms with van der Waals surface area (Å²) in [4.78, 5) is 26.2. The zero-order valence-electron chi connectivity index (χ0n) is 22.8. The van der Waals surface area contributed by atoms with Crippen LogP contribution in [0.3, 0.4) is 0 Å². The van der Waals surface area contributed by atoms with E-state index in [0.717, 1.165) is 19.3 Å². The van der Waals surface area contributed by atoms with E-state index in [1.165, 1.54) is 36.7 Å². The lowest BCUT2D eigenvalue weighted by molar-refractivity contribution is 0.102. The van der Waals surface area contributed by atoms with Crippen molar-refractivity contribution in [2.24, 2.45) is 5.41 Å². The maximum Gasteiger partial charge on any atom is 0.279 e. The number of carbonyl (C=O) groups excluding carboxylic acids is 1. The van der Waals surface area contributed by atoms with E-state index in [4.69, 9.17) is 25.8 Å². The summed E-state index contributed by atoms with van der Waals surface area (Å²) < 4.78 is 16.8. The van der Waals surface area contributed by atoms with Crippen LogP contribution in [0.4, 0.5) is 11.6 Å². The van der Waals surface area contributed by atoms with E-state index in [9.17, 15) is 4.79 Å². The number of hydrogen-bond donors (Lipinski definition) is 2. The summed E-state index contributed by atoms with van der Waals surface area (Å²) in [6.45, 7) is 11.6. The molecule has 11 heteroatoms. The number of amides is 1. The number of nitrogens with zero attached hydrogens (tertiary/aromatic N) is 3. The number of nitrogens with one attached hydrogen (secondary N) is 2. The fourth-order valence-electron chi connectivity index (χ4n) is 4.22. The van der Waals surface area contributed by atoms with Gasteiger partial charge in [-0.3, -0.25) is 4.79 Å². The zero-order chi connectivity index (χ0) is 27.7. The van der Waals surface area contributed by atoms with Gasteiger partial charge >= 0.3 is 0 Å². The zero-order valence-corrected chi connectivity index (χ0v) is 24.4. The predicted octanol–water partition coefficient (Wildman–Crippen LogP) is 6.72. The number of ether oxygens (including phenoxy) is 3. The molecule has 3 aromatic rings. The largest absolute Gasteiger partial charge is 0.479 e. The van der Waals surface area contributed by atoms with Crippen molar-refractivity contribution in [3.05, 3.63) is 39.4 Å². The van der Waals surface area contributed by atoms with E-state index in [0.29, 0.717) is 28.5 Å². The van der Waals surface area contributed by atoms with Crippen molar-refractivity contribution in [1.29, 1.82) is 0 Å². The first-order valence-electron chi connectivity index (χ1n) is 12.4. The van der Waals surface area contributed by atoms with E-state index in [2.05, 4.69) is 60.2 Å². The minimum absolute atomic E-state index is 0.0593. The Bertz CT molecular complexity index is 1310. The summed E-state index contributed by atoms with van der Waals surface area (Å²) in [7, 11) is 2.93. The van der Waals surface area contributed by atoms with E-state index in [-0.39, 0.29) is 34.0 Å². The minimum Gasteiger partial charge on any atom is -0.479 e. The number of carbonyl (C=O) groups is 1. The molecule has 1 amide bonds. The van der Waals surface area contributed by atoms with Crippen LogP contribution in [0, 0.1) is 5.41 Å². The summed E-state index contributed by atoms with van der Waals surface area (Å²) >= 11 is 7.69. The Hall–Kier alpha value is -3.11. The quantitative estimate of drug-likeness (QED) is 0.297. The second kappa shape index (κ2) is 10.9. The van der Waals surface area contributed by atoms with Crippen LogP contribution in [0.25, 0.3) is 0 Å². The number of aryl methyl sites for hydroxylation is 1. The lowest BCUT2D eigenvalue weighted by atomic mass is 9.86. The molecule has 204 valence electrons. The normalized spacial score (nSPS) is 14.1. The molecule has 0 atom stereocenters. The molecule has 0 saturated heterocycles. The van der Waals surface area contributed by atoms with Crippen LogP contribution in [0.5, 0.6) is 22.7 Å². The van der Waals surface area contributed by atoms with Crippen molar-refractivity contribution in [3.63, 3.8) is 0 Å². The average molecular weight is 560 g/mol. The first-order chi connectivity index (χ1) is 17.9. The Balaban J connectivity index is 1.49. The number of anilines is 2. The highest BCUT2D eigenvalue weighted by Gasteiger charge is 2.31. The third kappa shape index (κ3) is 6.30. The summed E-state index contributed by atoms with van der Waals surface area (Å²) in [5.74, 6) is 0.726. The highest BCUT2D eigenvalue weighted by molar-refractivity contribution is 7.11.